The predicted molar refractivity (Wildman–Crippen MR) is 74.0 cm³/mol. The molecule has 0 aliphatic carbocycles. The van der Waals surface area contributed by atoms with E-state index in [2.05, 4.69) is 5.32 Å². The summed E-state index contributed by atoms with van der Waals surface area (Å²) in [5.41, 5.74) is -0.206. The number of alkyl halides is 3. The third-order valence-corrected chi connectivity index (χ3v) is 3.15. The van der Waals surface area contributed by atoms with Crippen LogP contribution in [-0.2, 0) is 15.8 Å². The molecule has 0 bridgehead atoms. The van der Waals surface area contributed by atoms with E-state index in [-0.39, 0.29) is 18.8 Å². The van der Waals surface area contributed by atoms with Gasteiger partial charge < -0.3 is 10.4 Å². The highest BCUT2D eigenvalue weighted by molar-refractivity contribution is 5.80. The second kappa shape index (κ2) is 7.29. The monoisotopic (exact) mass is 317 g/mol. The number of carboxylic acid groups (broad SMARTS) is 1. The maximum absolute atomic E-state index is 12.5. The molecule has 0 saturated heterocycles. The molecule has 0 aliphatic rings. The molecule has 0 fully saturated rings. The van der Waals surface area contributed by atoms with Crippen molar-refractivity contribution in [1.29, 1.82) is 0 Å². The zero-order chi connectivity index (χ0) is 16.9. The maximum Gasteiger partial charge on any atom is 0.416 e. The van der Waals surface area contributed by atoms with Crippen molar-refractivity contribution in [2.45, 2.75) is 38.9 Å². The Bertz CT molecular complexity index is 524. The molecule has 1 unspecified atom stereocenters. The molecule has 2 N–H and O–H groups in total. The lowest BCUT2D eigenvalue weighted by Crippen LogP contribution is -2.32. The summed E-state index contributed by atoms with van der Waals surface area (Å²) in [4.78, 5) is 22.1. The molecular formula is C15H18F3NO3. The Labute approximate surface area is 126 Å². The molecule has 0 heterocycles. The molecular weight excluding hydrogens is 299 g/mol. The third kappa shape index (κ3) is 5.38. The van der Waals surface area contributed by atoms with E-state index in [0.717, 1.165) is 12.1 Å². The molecule has 0 spiro atoms. The molecule has 1 aromatic rings. The van der Waals surface area contributed by atoms with Crippen LogP contribution < -0.4 is 5.32 Å². The molecule has 1 amide bonds. The number of amides is 1. The van der Waals surface area contributed by atoms with E-state index in [9.17, 15) is 22.8 Å². The van der Waals surface area contributed by atoms with Crippen molar-refractivity contribution < 1.29 is 27.9 Å². The first-order valence-corrected chi connectivity index (χ1v) is 6.79. The fraction of sp³-hybridized carbons (Fsp3) is 0.467. The van der Waals surface area contributed by atoms with E-state index in [1.54, 1.807) is 0 Å². The topological polar surface area (TPSA) is 66.4 Å². The van der Waals surface area contributed by atoms with Crippen LogP contribution in [0.1, 0.15) is 43.9 Å². The molecule has 4 nitrogen and oxygen atoms in total. The molecule has 0 radical (unpaired) electrons. The fourth-order valence-corrected chi connectivity index (χ4v) is 1.98. The van der Waals surface area contributed by atoms with Crippen LogP contribution >= 0.6 is 0 Å². The number of carboxylic acids is 1. The summed E-state index contributed by atoms with van der Waals surface area (Å²) in [7, 11) is 0. The second-order valence-electron chi connectivity index (χ2n) is 5.30. The number of nitrogens with one attached hydrogen (secondary N) is 1. The van der Waals surface area contributed by atoms with Crippen LogP contribution in [0.4, 0.5) is 13.2 Å². The van der Waals surface area contributed by atoms with Crippen molar-refractivity contribution >= 4 is 11.9 Å². The summed E-state index contributed by atoms with van der Waals surface area (Å²) < 4.78 is 37.6. The van der Waals surface area contributed by atoms with Crippen molar-refractivity contribution in [2.75, 3.05) is 0 Å². The van der Waals surface area contributed by atoms with E-state index in [1.165, 1.54) is 12.1 Å². The molecule has 0 saturated carbocycles. The van der Waals surface area contributed by atoms with Crippen molar-refractivity contribution in [2.24, 2.45) is 5.92 Å². The van der Waals surface area contributed by atoms with E-state index in [1.807, 2.05) is 13.8 Å². The van der Waals surface area contributed by atoms with Gasteiger partial charge in [-0.2, -0.15) is 13.2 Å². The largest absolute Gasteiger partial charge is 0.481 e. The number of halogens is 3. The van der Waals surface area contributed by atoms with E-state index < -0.39 is 29.7 Å². The van der Waals surface area contributed by atoms with Gasteiger partial charge in [0, 0.05) is 6.42 Å². The predicted octanol–water partition coefficient (Wildman–Crippen LogP) is 3.38. The van der Waals surface area contributed by atoms with Gasteiger partial charge in [0.05, 0.1) is 18.0 Å². The van der Waals surface area contributed by atoms with Gasteiger partial charge in [-0.3, -0.25) is 9.59 Å². The Morgan fingerprint density at radius 2 is 1.68 bits per heavy atom. The van der Waals surface area contributed by atoms with Gasteiger partial charge in [0.15, 0.2) is 0 Å². The lowest BCUT2D eigenvalue weighted by molar-refractivity contribution is -0.139. The minimum Gasteiger partial charge on any atom is -0.481 e. The van der Waals surface area contributed by atoms with Crippen molar-refractivity contribution in [1.82, 2.24) is 5.32 Å². The van der Waals surface area contributed by atoms with Crippen molar-refractivity contribution in [3.8, 4) is 0 Å². The number of rotatable bonds is 6. The van der Waals surface area contributed by atoms with E-state index >= 15 is 0 Å². The number of benzene rings is 1. The number of carbonyl (C=O) groups is 2. The number of carbonyl (C=O) groups excluding carboxylic acids is 1. The summed E-state index contributed by atoms with van der Waals surface area (Å²) in [6, 6.07) is 4.11. The minimum absolute atomic E-state index is 0.0504. The van der Waals surface area contributed by atoms with Gasteiger partial charge >= 0.3 is 12.1 Å². The highest BCUT2D eigenvalue weighted by atomic mass is 19.4. The van der Waals surface area contributed by atoms with Gasteiger partial charge in [0.25, 0.3) is 0 Å². The molecule has 0 aliphatic heterocycles. The van der Waals surface area contributed by atoms with Crippen LogP contribution in [-0.4, -0.2) is 17.0 Å². The SMILES string of the molecule is CC(C)C(NC(=O)CCC(=O)O)c1ccc(C(F)(F)F)cc1. The van der Waals surface area contributed by atoms with Gasteiger partial charge in [0.1, 0.15) is 0 Å². The van der Waals surface area contributed by atoms with Gasteiger partial charge in [-0.05, 0) is 23.6 Å². The zero-order valence-corrected chi connectivity index (χ0v) is 12.3. The lowest BCUT2D eigenvalue weighted by Gasteiger charge is -2.23. The van der Waals surface area contributed by atoms with Gasteiger partial charge in [-0.1, -0.05) is 26.0 Å². The first-order valence-electron chi connectivity index (χ1n) is 6.79. The molecule has 1 atom stereocenters. The van der Waals surface area contributed by atoms with Gasteiger partial charge in [-0.25, -0.2) is 0 Å². The van der Waals surface area contributed by atoms with Crippen LogP contribution in [0.5, 0.6) is 0 Å². The maximum atomic E-state index is 12.5. The quantitative estimate of drug-likeness (QED) is 0.845. The molecule has 7 heteroatoms. The van der Waals surface area contributed by atoms with Crippen LogP contribution in [0.2, 0.25) is 0 Å². The Kier molecular flexibility index (Phi) is 5.96. The molecule has 1 rings (SSSR count). The van der Waals surface area contributed by atoms with E-state index in [4.69, 9.17) is 5.11 Å². The third-order valence-electron chi connectivity index (χ3n) is 3.15. The first kappa shape index (κ1) is 18.0. The Hall–Kier alpha value is -2.05. The Balaban J connectivity index is 2.83. The lowest BCUT2D eigenvalue weighted by atomic mass is 9.95. The van der Waals surface area contributed by atoms with E-state index in [0.29, 0.717) is 5.56 Å². The van der Waals surface area contributed by atoms with Crippen LogP contribution in [0.15, 0.2) is 24.3 Å². The second-order valence-corrected chi connectivity index (χ2v) is 5.30. The van der Waals surface area contributed by atoms with Crippen LogP contribution in [0.3, 0.4) is 0 Å². The van der Waals surface area contributed by atoms with Crippen LogP contribution in [0.25, 0.3) is 0 Å². The number of aliphatic carboxylic acids is 1. The summed E-state index contributed by atoms with van der Waals surface area (Å²) in [5, 5.41) is 11.2. The highest BCUT2D eigenvalue weighted by Crippen LogP contribution is 2.31. The zero-order valence-electron chi connectivity index (χ0n) is 12.3. The molecule has 1 aromatic carbocycles. The number of hydrogen-bond acceptors (Lipinski definition) is 2. The summed E-state index contributed by atoms with van der Waals surface area (Å²) in [5.74, 6) is -1.57. The molecule has 22 heavy (non-hydrogen) atoms. The minimum atomic E-state index is -4.41. The van der Waals surface area contributed by atoms with Crippen molar-refractivity contribution in [3.05, 3.63) is 35.4 Å². The summed E-state index contributed by atoms with van der Waals surface area (Å²) in [6.45, 7) is 3.64. The standard InChI is InChI=1S/C15H18F3NO3/c1-9(2)14(19-12(20)7-8-13(21)22)10-3-5-11(6-4-10)15(16,17)18/h3-6,9,14H,7-8H2,1-2H3,(H,19,20)(H,21,22). The highest BCUT2D eigenvalue weighted by Gasteiger charge is 2.30. The fourth-order valence-electron chi connectivity index (χ4n) is 1.98. The van der Waals surface area contributed by atoms with Crippen molar-refractivity contribution in [3.63, 3.8) is 0 Å². The molecule has 122 valence electrons. The smallest absolute Gasteiger partial charge is 0.416 e. The Morgan fingerprint density at radius 3 is 2.09 bits per heavy atom. The summed E-state index contributed by atoms with van der Waals surface area (Å²) in [6.07, 6.45) is -4.86. The normalized spacial score (nSPS) is 13.0. The van der Waals surface area contributed by atoms with Gasteiger partial charge in [-0.15, -0.1) is 0 Å². The summed E-state index contributed by atoms with van der Waals surface area (Å²) >= 11 is 0. The average Bonchev–Trinajstić information content (AvgIpc) is 2.41. The van der Waals surface area contributed by atoms with Crippen LogP contribution in [0, 0.1) is 5.92 Å². The molecule has 0 aromatic heterocycles. The van der Waals surface area contributed by atoms with Gasteiger partial charge in [0.2, 0.25) is 5.91 Å². The number of hydrogen-bond donors (Lipinski definition) is 2. The Morgan fingerprint density at radius 1 is 1.14 bits per heavy atom. The first-order chi connectivity index (χ1) is 10.1. The average molecular weight is 317 g/mol.